The van der Waals surface area contributed by atoms with Gasteiger partial charge in [0.15, 0.2) is 0 Å². The van der Waals surface area contributed by atoms with E-state index in [4.69, 9.17) is 0 Å². The Morgan fingerprint density at radius 2 is 0.600 bits per heavy atom. The second-order valence-electron chi connectivity index (χ2n) is 6.58. The van der Waals surface area contributed by atoms with Gasteiger partial charge < -0.3 is 0 Å². The molecule has 114 valence electrons. The van der Waals surface area contributed by atoms with Gasteiger partial charge in [0.2, 0.25) is 0 Å². The number of nitrogens with zero attached hydrogens (tertiary/aromatic N) is 2. The maximum absolute atomic E-state index is 4.66. The fourth-order valence-corrected chi connectivity index (χ4v) is 3.32. The van der Waals surface area contributed by atoms with E-state index in [1.165, 1.54) is 114 Å². The first kappa shape index (κ1) is 15.7. The molecule has 2 saturated carbocycles. The lowest BCUT2D eigenvalue weighted by molar-refractivity contribution is 0.624. The van der Waals surface area contributed by atoms with Crippen molar-refractivity contribution in [3.63, 3.8) is 0 Å². The lowest BCUT2D eigenvalue weighted by atomic mass is 10.1. The van der Waals surface area contributed by atoms with Crippen LogP contribution in [-0.2, 0) is 0 Å². The first-order chi connectivity index (χ1) is 9.95. The molecule has 0 radical (unpaired) electrons. The molecule has 2 aliphatic rings. The molecule has 2 aliphatic carbocycles. The number of rotatable bonds is 1. The third-order valence-corrected chi connectivity index (χ3v) is 4.69. The predicted molar refractivity (Wildman–Crippen MR) is 88.7 cm³/mol. The minimum absolute atomic E-state index is 1.19. The highest BCUT2D eigenvalue weighted by atomic mass is 15.2. The Labute approximate surface area is 125 Å². The second-order valence-corrected chi connectivity index (χ2v) is 6.58. The minimum Gasteiger partial charge on any atom is -0.160 e. The van der Waals surface area contributed by atoms with Gasteiger partial charge in [-0.25, -0.2) is 0 Å². The zero-order valence-electron chi connectivity index (χ0n) is 13.2. The van der Waals surface area contributed by atoms with E-state index < -0.39 is 0 Å². The lowest BCUT2D eigenvalue weighted by Crippen LogP contribution is -2.01. The van der Waals surface area contributed by atoms with Crippen LogP contribution in [0.15, 0.2) is 10.2 Å². The van der Waals surface area contributed by atoms with Crippen LogP contribution in [-0.4, -0.2) is 11.4 Å². The SMILES string of the molecule is C1CCCCC(=NN=C2CCCCCCCC2)CCC1. The van der Waals surface area contributed by atoms with E-state index in [-0.39, 0.29) is 0 Å². The fraction of sp³-hybridized carbons (Fsp3) is 0.889. The summed E-state index contributed by atoms with van der Waals surface area (Å²) in [6, 6.07) is 0. The van der Waals surface area contributed by atoms with Gasteiger partial charge in [-0.2, -0.15) is 10.2 Å². The molecule has 0 bridgehead atoms. The van der Waals surface area contributed by atoms with Gasteiger partial charge in [-0.1, -0.05) is 51.4 Å². The summed E-state index contributed by atoms with van der Waals surface area (Å²) in [4.78, 5) is 0. The molecule has 0 unspecified atom stereocenters. The Morgan fingerprint density at radius 1 is 0.350 bits per heavy atom. The van der Waals surface area contributed by atoms with Gasteiger partial charge in [0.25, 0.3) is 0 Å². The van der Waals surface area contributed by atoms with E-state index in [2.05, 4.69) is 10.2 Å². The highest BCUT2D eigenvalue weighted by Crippen LogP contribution is 2.17. The normalized spacial score (nSPS) is 23.6. The van der Waals surface area contributed by atoms with Crippen molar-refractivity contribution in [2.75, 3.05) is 0 Å². The van der Waals surface area contributed by atoms with E-state index in [1.54, 1.807) is 0 Å². The zero-order chi connectivity index (χ0) is 13.9. The van der Waals surface area contributed by atoms with Crippen molar-refractivity contribution in [1.29, 1.82) is 0 Å². The summed E-state index contributed by atoms with van der Waals surface area (Å²) in [5, 5.41) is 9.32. The molecule has 0 atom stereocenters. The maximum Gasteiger partial charge on any atom is 0.0405 e. The fourth-order valence-electron chi connectivity index (χ4n) is 3.32. The van der Waals surface area contributed by atoms with Crippen molar-refractivity contribution in [1.82, 2.24) is 0 Å². The molecule has 0 aromatic heterocycles. The van der Waals surface area contributed by atoms with Crippen molar-refractivity contribution >= 4 is 11.4 Å². The van der Waals surface area contributed by atoms with Crippen LogP contribution in [0.1, 0.15) is 103 Å². The molecule has 0 amide bonds. The van der Waals surface area contributed by atoms with E-state index >= 15 is 0 Å². The van der Waals surface area contributed by atoms with Gasteiger partial charge in [0.05, 0.1) is 0 Å². The predicted octanol–water partition coefficient (Wildman–Crippen LogP) is 6.05. The van der Waals surface area contributed by atoms with Gasteiger partial charge in [-0.3, -0.25) is 0 Å². The van der Waals surface area contributed by atoms with Gasteiger partial charge in [0.1, 0.15) is 0 Å². The van der Waals surface area contributed by atoms with Crippen LogP contribution in [0, 0.1) is 0 Å². The molecule has 2 nitrogen and oxygen atoms in total. The van der Waals surface area contributed by atoms with Crippen LogP contribution in [0.4, 0.5) is 0 Å². The van der Waals surface area contributed by atoms with E-state index in [0.29, 0.717) is 0 Å². The molecular formula is C18H32N2. The second kappa shape index (κ2) is 10.1. The summed E-state index contributed by atoms with van der Waals surface area (Å²) in [5.74, 6) is 0. The van der Waals surface area contributed by atoms with Gasteiger partial charge in [-0.05, 0) is 51.4 Å². The standard InChI is InChI=1S/C18H32N2/c1-2-6-10-14-17(13-9-5-1)19-20-18-15-11-7-3-4-8-12-16-18/h1-16H2. The highest BCUT2D eigenvalue weighted by Gasteiger charge is 2.06. The summed E-state index contributed by atoms with van der Waals surface area (Å²) in [6.45, 7) is 0. The topological polar surface area (TPSA) is 24.7 Å². The van der Waals surface area contributed by atoms with E-state index in [1.807, 2.05) is 0 Å². The number of hydrogen-bond acceptors (Lipinski definition) is 2. The van der Waals surface area contributed by atoms with Crippen molar-refractivity contribution in [3.8, 4) is 0 Å². The van der Waals surface area contributed by atoms with Crippen LogP contribution in [0.5, 0.6) is 0 Å². The summed E-state index contributed by atoms with van der Waals surface area (Å²) in [7, 11) is 0. The largest absolute Gasteiger partial charge is 0.160 e. The van der Waals surface area contributed by atoms with Crippen molar-refractivity contribution in [2.24, 2.45) is 10.2 Å². The Hall–Kier alpha value is -0.660. The van der Waals surface area contributed by atoms with Crippen LogP contribution in [0.2, 0.25) is 0 Å². The monoisotopic (exact) mass is 276 g/mol. The summed E-state index contributed by atoms with van der Waals surface area (Å²) < 4.78 is 0. The van der Waals surface area contributed by atoms with Crippen molar-refractivity contribution in [3.05, 3.63) is 0 Å². The molecule has 0 aromatic carbocycles. The summed E-state index contributed by atoms with van der Waals surface area (Å²) >= 11 is 0. The molecule has 0 N–H and O–H groups in total. The molecule has 0 spiro atoms. The van der Waals surface area contributed by atoms with E-state index in [0.717, 1.165) is 0 Å². The average molecular weight is 276 g/mol. The quantitative estimate of drug-likeness (QED) is 0.521. The Kier molecular flexibility index (Phi) is 7.96. The average Bonchev–Trinajstić information content (AvgIpc) is 2.68. The van der Waals surface area contributed by atoms with Gasteiger partial charge in [0, 0.05) is 11.4 Å². The first-order valence-electron chi connectivity index (χ1n) is 9.06. The summed E-state index contributed by atoms with van der Waals surface area (Å²) in [5.41, 5.74) is 2.75. The molecule has 0 aliphatic heterocycles. The van der Waals surface area contributed by atoms with Crippen molar-refractivity contribution < 1.29 is 0 Å². The van der Waals surface area contributed by atoms with Crippen LogP contribution in [0.25, 0.3) is 0 Å². The highest BCUT2D eigenvalue weighted by molar-refractivity contribution is 5.88. The summed E-state index contributed by atoms with van der Waals surface area (Å²) in [6.07, 6.45) is 21.3. The minimum atomic E-state index is 1.19. The lowest BCUT2D eigenvalue weighted by Gasteiger charge is -2.04. The number of hydrogen-bond donors (Lipinski definition) is 0. The van der Waals surface area contributed by atoms with Gasteiger partial charge >= 0.3 is 0 Å². The molecular weight excluding hydrogens is 244 g/mol. The molecule has 2 rings (SSSR count). The molecule has 0 aromatic rings. The third kappa shape index (κ3) is 6.67. The molecule has 0 saturated heterocycles. The smallest absolute Gasteiger partial charge is 0.0405 e. The maximum atomic E-state index is 4.66. The van der Waals surface area contributed by atoms with Crippen LogP contribution >= 0.6 is 0 Å². The Morgan fingerprint density at radius 3 is 0.900 bits per heavy atom. The molecule has 20 heavy (non-hydrogen) atoms. The molecule has 0 heterocycles. The molecule has 2 fully saturated rings. The zero-order valence-corrected chi connectivity index (χ0v) is 13.2. The first-order valence-corrected chi connectivity index (χ1v) is 9.06. The van der Waals surface area contributed by atoms with Crippen LogP contribution < -0.4 is 0 Å². The Balaban J connectivity index is 1.89. The van der Waals surface area contributed by atoms with Crippen molar-refractivity contribution in [2.45, 2.75) is 103 Å². The molecule has 2 heteroatoms. The van der Waals surface area contributed by atoms with Crippen LogP contribution in [0.3, 0.4) is 0 Å². The third-order valence-electron chi connectivity index (χ3n) is 4.69. The van der Waals surface area contributed by atoms with Gasteiger partial charge in [-0.15, -0.1) is 0 Å². The Bertz CT molecular complexity index is 261. The van der Waals surface area contributed by atoms with E-state index in [9.17, 15) is 0 Å².